The number of rotatable bonds is 2. The number of aromatic nitrogens is 2. The summed E-state index contributed by atoms with van der Waals surface area (Å²) in [6.45, 7) is 0. The van der Waals surface area contributed by atoms with Crippen LogP contribution in [0.2, 0.25) is 10.0 Å². The van der Waals surface area contributed by atoms with E-state index in [0.717, 1.165) is 16.5 Å². The van der Waals surface area contributed by atoms with E-state index in [4.69, 9.17) is 23.2 Å². The van der Waals surface area contributed by atoms with Gasteiger partial charge < -0.3 is 5.32 Å². The number of amides is 1. The molecule has 2 heterocycles. The van der Waals surface area contributed by atoms with Crippen LogP contribution in [0.25, 0.3) is 17.0 Å². The molecule has 0 atom stereocenters. The van der Waals surface area contributed by atoms with Crippen molar-refractivity contribution in [2.24, 2.45) is 4.99 Å². The first-order chi connectivity index (χ1) is 12.6. The Kier molecular flexibility index (Phi) is 4.63. The van der Waals surface area contributed by atoms with Gasteiger partial charge in [-0.3, -0.25) is 4.79 Å². The minimum Gasteiger partial charge on any atom is -0.300 e. The molecule has 0 bridgehead atoms. The number of hydrogen-bond donors (Lipinski definition) is 1. The van der Waals surface area contributed by atoms with Crippen LogP contribution in [0.4, 0.5) is 5.69 Å². The fourth-order valence-electron chi connectivity index (χ4n) is 2.42. The molecule has 128 valence electrons. The lowest BCUT2D eigenvalue weighted by Gasteiger charge is -2.01. The summed E-state index contributed by atoms with van der Waals surface area (Å²) in [7, 11) is 0. The molecule has 0 unspecified atom stereocenters. The number of carbonyl (C=O) groups excluding carboxylic acids is 1. The maximum Gasteiger partial charge on any atom is 0.264 e. The average Bonchev–Trinajstić information content (AvgIpc) is 2.97. The van der Waals surface area contributed by atoms with E-state index in [-0.39, 0.29) is 5.91 Å². The molecule has 1 aliphatic rings. The predicted octanol–water partition coefficient (Wildman–Crippen LogP) is 4.83. The summed E-state index contributed by atoms with van der Waals surface area (Å²) in [5, 5.41) is 4.91. The third-order valence-electron chi connectivity index (χ3n) is 3.63. The summed E-state index contributed by atoms with van der Waals surface area (Å²) < 4.78 is 0. The fourth-order valence-corrected chi connectivity index (χ4v) is 3.73. The Hall–Kier alpha value is -2.41. The minimum atomic E-state index is -0.221. The number of nitrogens with zero attached hydrogens (tertiary/aromatic N) is 3. The number of para-hydroxylation sites is 1. The first-order valence-corrected chi connectivity index (χ1v) is 9.11. The fraction of sp³-hybridized carbons (Fsp3) is 0. The van der Waals surface area contributed by atoms with Crippen molar-refractivity contribution in [2.75, 3.05) is 0 Å². The Morgan fingerprint density at radius 2 is 1.96 bits per heavy atom. The van der Waals surface area contributed by atoms with Crippen molar-refractivity contribution in [3.05, 3.63) is 69.4 Å². The van der Waals surface area contributed by atoms with E-state index in [1.807, 2.05) is 18.2 Å². The molecule has 0 radical (unpaired) electrons. The van der Waals surface area contributed by atoms with E-state index in [0.29, 0.717) is 25.8 Å². The quantitative estimate of drug-likeness (QED) is 0.625. The van der Waals surface area contributed by atoms with E-state index in [1.165, 1.54) is 18.1 Å². The van der Waals surface area contributed by atoms with Gasteiger partial charge in [0.05, 0.1) is 20.5 Å². The first-order valence-electron chi connectivity index (χ1n) is 7.53. The molecule has 2 aromatic carbocycles. The van der Waals surface area contributed by atoms with Gasteiger partial charge in [-0.25, -0.2) is 15.0 Å². The first kappa shape index (κ1) is 17.0. The molecule has 5 nitrogen and oxygen atoms in total. The Balaban J connectivity index is 1.65. The largest absolute Gasteiger partial charge is 0.300 e. The van der Waals surface area contributed by atoms with Crippen LogP contribution in [0.5, 0.6) is 0 Å². The molecule has 8 heteroatoms. The van der Waals surface area contributed by atoms with Crippen molar-refractivity contribution in [3.8, 4) is 0 Å². The second kappa shape index (κ2) is 7.07. The minimum absolute atomic E-state index is 0.221. The van der Waals surface area contributed by atoms with Gasteiger partial charge >= 0.3 is 0 Å². The van der Waals surface area contributed by atoms with Crippen molar-refractivity contribution in [2.45, 2.75) is 0 Å². The van der Waals surface area contributed by atoms with Crippen LogP contribution in [0, 0.1) is 0 Å². The summed E-state index contributed by atoms with van der Waals surface area (Å²) in [6.07, 6.45) is 5.03. The molecule has 0 aliphatic carbocycles. The molecule has 1 aliphatic heterocycles. The Bertz CT molecular complexity index is 1080. The monoisotopic (exact) mass is 400 g/mol. The Labute approximate surface area is 163 Å². The zero-order valence-corrected chi connectivity index (χ0v) is 15.4. The highest BCUT2D eigenvalue weighted by atomic mass is 35.5. The molecule has 0 saturated carbocycles. The van der Waals surface area contributed by atoms with Gasteiger partial charge in [-0.2, -0.15) is 0 Å². The van der Waals surface area contributed by atoms with Crippen molar-refractivity contribution in [3.63, 3.8) is 0 Å². The number of carbonyl (C=O) groups is 1. The summed E-state index contributed by atoms with van der Waals surface area (Å²) in [5.74, 6) is -0.221. The smallest absolute Gasteiger partial charge is 0.264 e. The number of amidine groups is 1. The van der Waals surface area contributed by atoms with Crippen LogP contribution in [0.3, 0.4) is 0 Å². The van der Waals surface area contributed by atoms with Gasteiger partial charge in [0.25, 0.3) is 5.91 Å². The van der Waals surface area contributed by atoms with Gasteiger partial charge in [0.1, 0.15) is 12.0 Å². The van der Waals surface area contributed by atoms with E-state index in [9.17, 15) is 4.79 Å². The molecular formula is C18H10Cl2N4OS. The maximum absolute atomic E-state index is 12.2. The maximum atomic E-state index is 12.2. The van der Waals surface area contributed by atoms with Crippen LogP contribution in [-0.4, -0.2) is 21.0 Å². The number of benzene rings is 2. The normalized spacial score (nSPS) is 17.2. The standard InChI is InChI=1S/C18H10Cl2N4OS/c19-12-2-1-3-13(20)16(12)23-18-24-17(25)15(26-18)7-10-4-5-14-11(6-10)8-21-9-22-14/h1-9H,(H,23,24,25)/b15-7-. The van der Waals surface area contributed by atoms with E-state index in [1.54, 1.807) is 30.5 Å². The van der Waals surface area contributed by atoms with Gasteiger partial charge in [-0.1, -0.05) is 35.3 Å². The Morgan fingerprint density at radius 3 is 2.77 bits per heavy atom. The molecule has 3 aromatic rings. The third kappa shape index (κ3) is 3.44. The predicted molar refractivity (Wildman–Crippen MR) is 107 cm³/mol. The highest BCUT2D eigenvalue weighted by molar-refractivity contribution is 8.18. The van der Waals surface area contributed by atoms with Crippen molar-refractivity contribution < 1.29 is 4.79 Å². The van der Waals surface area contributed by atoms with Crippen LogP contribution < -0.4 is 5.32 Å². The molecule has 4 rings (SSSR count). The van der Waals surface area contributed by atoms with Crippen LogP contribution in [-0.2, 0) is 4.79 Å². The van der Waals surface area contributed by atoms with E-state index < -0.39 is 0 Å². The van der Waals surface area contributed by atoms with Crippen molar-refractivity contribution in [1.29, 1.82) is 0 Å². The van der Waals surface area contributed by atoms with Gasteiger partial charge in [-0.15, -0.1) is 0 Å². The van der Waals surface area contributed by atoms with Gasteiger partial charge in [0.15, 0.2) is 5.17 Å². The number of thioether (sulfide) groups is 1. The number of hydrogen-bond acceptors (Lipinski definition) is 5. The highest BCUT2D eigenvalue weighted by Crippen LogP contribution is 2.35. The van der Waals surface area contributed by atoms with Crippen LogP contribution >= 0.6 is 35.0 Å². The van der Waals surface area contributed by atoms with Gasteiger partial charge in [0.2, 0.25) is 0 Å². The molecular weight excluding hydrogens is 391 g/mol. The van der Waals surface area contributed by atoms with E-state index in [2.05, 4.69) is 20.3 Å². The number of fused-ring (bicyclic) bond motifs is 1. The zero-order chi connectivity index (χ0) is 18.1. The van der Waals surface area contributed by atoms with Gasteiger partial charge in [0, 0.05) is 11.6 Å². The third-order valence-corrected chi connectivity index (χ3v) is 5.15. The second-order valence-electron chi connectivity index (χ2n) is 5.39. The molecule has 0 spiro atoms. The number of halogens is 2. The highest BCUT2D eigenvalue weighted by Gasteiger charge is 2.24. The summed E-state index contributed by atoms with van der Waals surface area (Å²) in [6, 6.07) is 10.8. The average molecular weight is 401 g/mol. The molecule has 26 heavy (non-hydrogen) atoms. The molecule has 1 amide bonds. The zero-order valence-electron chi connectivity index (χ0n) is 13.1. The molecule has 1 fully saturated rings. The second-order valence-corrected chi connectivity index (χ2v) is 7.24. The molecule has 1 saturated heterocycles. The van der Waals surface area contributed by atoms with E-state index >= 15 is 0 Å². The van der Waals surface area contributed by atoms with Crippen molar-refractivity contribution >= 4 is 68.7 Å². The van der Waals surface area contributed by atoms with Crippen LogP contribution in [0.15, 0.2) is 58.8 Å². The summed E-state index contributed by atoms with van der Waals surface area (Å²) in [5.41, 5.74) is 2.16. The van der Waals surface area contributed by atoms with Crippen LogP contribution in [0.1, 0.15) is 5.56 Å². The lowest BCUT2D eigenvalue weighted by atomic mass is 10.1. The SMILES string of the molecule is O=C1N/C(=N/c2c(Cl)cccc2Cl)S/C1=C\c1ccc2ncncc2c1. The number of nitrogens with one attached hydrogen (secondary N) is 1. The lowest BCUT2D eigenvalue weighted by Crippen LogP contribution is -2.19. The Morgan fingerprint density at radius 1 is 1.15 bits per heavy atom. The summed E-state index contributed by atoms with van der Waals surface area (Å²) >= 11 is 13.5. The van der Waals surface area contributed by atoms with Crippen molar-refractivity contribution in [1.82, 2.24) is 15.3 Å². The lowest BCUT2D eigenvalue weighted by molar-refractivity contribution is -0.115. The number of aliphatic imine (C=N–C) groups is 1. The topological polar surface area (TPSA) is 67.2 Å². The molecule has 1 aromatic heterocycles. The summed E-state index contributed by atoms with van der Waals surface area (Å²) in [4.78, 5) is 25.3. The van der Waals surface area contributed by atoms with Gasteiger partial charge in [-0.05, 0) is 47.7 Å². The molecule has 1 N–H and O–H groups in total.